The predicted molar refractivity (Wildman–Crippen MR) is 105 cm³/mol. The summed E-state index contributed by atoms with van der Waals surface area (Å²) in [4.78, 5) is 28.3. The summed E-state index contributed by atoms with van der Waals surface area (Å²) < 4.78 is 23.2. The minimum Gasteiger partial charge on any atom is -0.493 e. The highest BCUT2D eigenvalue weighted by molar-refractivity contribution is 7.15. The van der Waals surface area contributed by atoms with Crippen LogP contribution in [0.2, 0.25) is 0 Å². The van der Waals surface area contributed by atoms with Gasteiger partial charge in [0.2, 0.25) is 0 Å². The Balaban J connectivity index is 1.80. The third-order valence-electron chi connectivity index (χ3n) is 4.01. The molecule has 0 aliphatic heterocycles. The summed E-state index contributed by atoms with van der Waals surface area (Å²) in [5, 5.41) is 14.2. The van der Waals surface area contributed by atoms with Crippen LogP contribution in [0.25, 0.3) is 0 Å². The number of nitro groups is 1. The van der Waals surface area contributed by atoms with Crippen LogP contribution in [0.4, 0.5) is 15.2 Å². The number of hydrogen-bond donors (Lipinski definition) is 1. The Morgan fingerprint density at radius 1 is 1.21 bits per heavy atom. The summed E-state index contributed by atoms with van der Waals surface area (Å²) in [6.45, 7) is 0. The molecule has 1 aromatic heterocycles. The van der Waals surface area contributed by atoms with E-state index < -0.39 is 16.5 Å². The molecule has 3 rings (SSSR count). The minimum absolute atomic E-state index is 0.145. The van der Waals surface area contributed by atoms with E-state index in [4.69, 9.17) is 9.47 Å². The largest absolute Gasteiger partial charge is 0.493 e. The summed E-state index contributed by atoms with van der Waals surface area (Å²) in [6.07, 6.45) is 2.11. The van der Waals surface area contributed by atoms with Crippen LogP contribution in [0.3, 0.4) is 0 Å². The number of anilines is 1. The van der Waals surface area contributed by atoms with E-state index in [1.165, 1.54) is 43.8 Å². The maximum atomic E-state index is 13.0. The molecule has 3 aromatic rings. The molecule has 1 N–H and O–H groups in total. The molecule has 0 unspecified atom stereocenters. The number of methoxy groups -OCH3 is 2. The smallest absolute Gasteiger partial charge is 0.286 e. The van der Waals surface area contributed by atoms with Crippen LogP contribution < -0.4 is 14.8 Å². The molecule has 0 bridgehead atoms. The van der Waals surface area contributed by atoms with Gasteiger partial charge in [-0.15, -0.1) is 11.3 Å². The Morgan fingerprint density at radius 2 is 1.86 bits per heavy atom. The zero-order chi connectivity index (χ0) is 21.0. The van der Waals surface area contributed by atoms with E-state index in [0.717, 1.165) is 16.5 Å². The number of carbonyl (C=O) groups excluding carboxylic acids is 1. The predicted octanol–water partition coefficient (Wildman–Crippen LogP) is 4.05. The third-order valence-corrected chi connectivity index (χ3v) is 4.92. The van der Waals surface area contributed by atoms with Crippen LogP contribution in [-0.2, 0) is 6.42 Å². The van der Waals surface area contributed by atoms with E-state index in [9.17, 15) is 19.3 Å². The number of nitro benzene ring substituents is 1. The van der Waals surface area contributed by atoms with Crippen molar-refractivity contribution in [3.05, 3.63) is 74.5 Å². The Kier molecular flexibility index (Phi) is 6.03. The Morgan fingerprint density at radius 3 is 2.48 bits per heavy atom. The standard InChI is InChI=1S/C19H16FN3O5S/c1-27-16-8-14(15(23(25)26)9-17(16)28-2)18(24)22-19-21-10-13(29-19)7-11-3-5-12(20)6-4-11/h3-6,8-10H,7H2,1-2H3,(H,21,22,24). The lowest BCUT2D eigenvalue weighted by atomic mass is 10.1. The van der Waals surface area contributed by atoms with Crippen molar-refractivity contribution in [1.29, 1.82) is 0 Å². The monoisotopic (exact) mass is 417 g/mol. The zero-order valence-corrected chi connectivity index (χ0v) is 16.3. The van der Waals surface area contributed by atoms with Crippen molar-refractivity contribution in [3.63, 3.8) is 0 Å². The summed E-state index contributed by atoms with van der Waals surface area (Å²) in [7, 11) is 2.72. The number of aromatic nitrogens is 1. The number of carbonyl (C=O) groups is 1. The molecule has 0 spiro atoms. The van der Waals surface area contributed by atoms with Crippen molar-refractivity contribution in [2.75, 3.05) is 19.5 Å². The van der Waals surface area contributed by atoms with Crippen LogP contribution in [0.15, 0.2) is 42.6 Å². The fourth-order valence-corrected chi connectivity index (χ4v) is 3.46. The second-order valence-corrected chi connectivity index (χ2v) is 6.99. The highest BCUT2D eigenvalue weighted by Gasteiger charge is 2.25. The van der Waals surface area contributed by atoms with Crippen molar-refractivity contribution in [2.45, 2.75) is 6.42 Å². The molecule has 0 atom stereocenters. The number of nitrogens with one attached hydrogen (secondary N) is 1. The molecule has 0 fully saturated rings. The molecule has 0 aliphatic carbocycles. The minimum atomic E-state index is -0.694. The second-order valence-electron chi connectivity index (χ2n) is 5.87. The van der Waals surface area contributed by atoms with Gasteiger partial charge in [-0.2, -0.15) is 0 Å². The average molecular weight is 417 g/mol. The van der Waals surface area contributed by atoms with Crippen molar-refractivity contribution in [2.24, 2.45) is 0 Å². The van der Waals surface area contributed by atoms with Crippen molar-refractivity contribution in [1.82, 2.24) is 4.98 Å². The van der Waals surface area contributed by atoms with Gasteiger partial charge in [0.1, 0.15) is 11.4 Å². The van der Waals surface area contributed by atoms with Gasteiger partial charge in [0.05, 0.1) is 25.2 Å². The van der Waals surface area contributed by atoms with Crippen molar-refractivity contribution < 1.29 is 23.6 Å². The first kappa shape index (κ1) is 20.2. The SMILES string of the molecule is COc1cc(C(=O)Nc2ncc(Cc3ccc(F)cc3)s2)c([N+](=O)[O-])cc1OC. The van der Waals surface area contributed by atoms with Gasteiger partial charge < -0.3 is 9.47 Å². The van der Waals surface area contributed by atoms with Gasteiger partial charge in [0, 0.05) is 23.6 Å². The second kappa shape index (κ2) is 8.65. The van der Waals surface area contributed by atoms with Crippen LogP contribution in [0, 0.1) is 15.9 Å². The number of halogens is 1. The fourth-order valence-electron chi connectivity index (χ4n) is 2.62. The first-order valence-corrected chi connectivity index (χ1v) is 9.14. The Bertz CT molecular complexity index is 1050. The van der Waals surface area contributed by atoms with Gasteiger partial charge in [-0.3, -0.25) is 20.2 Å². The molecular weight excluding hydrogens is 401 g/mol. The first-order chi connectivity index (χ1) is 13.9. The molecule has 1 amide bonds. The van der Waals surface area contributed by atoms with E-state index in [1.807, 2.05) is 0 Å². The van der Waals surface area contributed by atoms with Crippen LogP contribution >= 0.6 is 11.3 Å². The van der Waals surface area contributed by atoms with Gasteiger partial charge in [-0.05, 0) is 17.7 Å². The molecule has 29 heavy (non-hydrogen) atoms. The van der Waals surface area contributed by atoms with E-state index in [0.29, 0.717) is 6.42 Å². The lowest BCUT2D eigenvalue weighted by Crippen LogP contribution is -2.14. The number of amides is 1. The highest BCUT2D eigenvalue weighted by Crippen LogP contribution is 2.35. The van der Waals surface area contributed by atoms with Gasteiger partial charge in [0.15, 0.2) is 16.6 Å². The fraction of sp³-hybridized carbons (Fsp3) is 0.158. The highest BCUT2D eigenvalue weighted by atomic mass is 32.1. The van der Waals surface area contributed by atoms with Gasteiger partial charge >= 0.3 is 0 Å². The molecule has 0 saturated carbocycles. The average Bonchev–Trinajstić information content (AvgIpc) is 3.15. The van der Waals surface area contributed by atoms with Crippen LogP contribution in [0.5, 0.6) is 11.5 Å². The summed E-state index contributed by atoms with van der Waals surface area (Å²) in [5.41, 5.74) is 0.301. The number of ether oxygens (including phenoxy) is 2. The van der Waals surface area contributed by atoms with Gasteiger partial charge in [0.25, 0.3) is 11.6 Å². The van der Waals surface area contributed by atoms with E-state index >= 15 is 0 Å². The van der Waals surface area contributed by atoms with Gasteiger partial charge in [-0.1, -0.05) is 12.1 Å². The molecule has 0 saturated heterocycles. The van der Waals surface area contributed by atoms with E-state index in [-0.39, 0.29) is 28.0 Å². The lowest BCUT2D eigenvalue weighted by Gasteiger charge is -2.10. The maximum Gasteiger partial charge on any atom is 0.286 e. The first-order valence-electron chi connectivity index (χ1n) is 8.32. The number of benzene rings is 2. The topological polar surface area (TPSA) is 104 Å². The molecule has 2 aromatic carbocycles. The number of thiazole rings is 1. The lowest BCUT2D eigenvalue weighted by molar-refractivity contribution is -0.385. The number of rotatable bonds is 7. The maximum absolute atomic E-state index is 13.0. The number of hydrogen-bond acceptors (Lipinski definition) is 7. The Hall–Kier alpha value is -3.53. The summed E-state index contributed by atoms with van der Waals surface area (Å²) in [5.74, 6) is -0.672. The quantitative estimate of drug-likeness (QED) is 0.459. The third kappa shape index (κ3) is 4.66. The number of nitrogens with zero attached hydrogens (tertiary/aromatic N) is 2. The van der Waals surface area contributed by atoms with E-state index in [1.54, 1.807) is 18.3 Å². The van der Waals surface area contributed by atoms with Crippen LogP contribution in [-0.4, -0.2) is 30.0 Å². The zero-order valence-electron chi connectivity index (χ0n) is 15.5. The molecule has 150 valence electrons. The van der Waals surface area contributed by atoms with Gasteiger partial charge in [-0.25, -0.2) is 9.37 Å². The molecule has 8 nitrogen and oxygen atoms in total. The molecule has 0 radical (unpaired) electrons. The van der Waals surface area contributed by atoms with E-state index in [2.05, 4.69) is 10.3 Å². The normalized spacial score (nSPS) is 10.4. The summed E-state index contributed by atoms with van der Waals surface area (Å²) >= 11 is 1.22. The van der Waals surface area contributed by atoms with Crippen molar-refractivity contribution in [3.8, 4) is 11.5 Å². The molecule has 1 heterocycles. The summed E-state index contributed by atoms with van der Waals surface area (Å²) in [6, 6.07) is 8.46. The molecule has 10 heteroatoms. The van der Waals surface area contributed by atoms with Crippen LogP contribution in [0.1, 0.15) is 20.8 Å². The molecule has 0 aliphatic rings. The van der Waals surface area contributed by atoms with Crippen molar-refractivity contribution >= 4 is 28.1 Å². The Labute approximate surface area is 169 Å². The molecular formula is C19H16FN3O5S.